The number of nitrogens with two attached hydrogens (primary N) is 1. The Labute approximate surface area is 367 Å². The summed E-state index contributed by atoms with van der Waals surface area (Å²) in [5.74, 6) is 1.76. The molecule has 3 heterocycles. The molecule has 1 aliphatic rings. The lowest BCUT2D eigenvalue weighted by atomic mass is 10.1. The molecule has 0 aliphatic carbocycles. The molecule has 1 aromatic carbocycles. The minimum atomic E-state index is 0.0457. The molecule has 2 N–H and O–H groups in total. The van der Waals surface area contributed by atoms with Crippen molar-refractivity contribution in [3.8, 4) is 0 Å². The summed E-state index contributed by atoms with van der Waals surface area (Å²) in [7, 11) is 0. The predicted molar refractivity (Wildman–Crippen MR) is 236 cm³/mol. The number of fused-ring (bicyclic) bond motifs is 3. The molecule has 2 aromatic heterocycles. The second kappa shape index (κ2) is 31.2. The second-order valence-corrected chi connectivity index (χ2v) is 15.2. The van der Waals surface area contributed by atoms with Crippen molar-refractivity contribution in [2.45, 2.75) is 71.8 Å². The molecule has 17 nitrogen and oxygen atoms in total. The third kappa shape index (κ3) is 19.8. The molecule has 1 aliphatic heterocycles. The number of Topliss-reactive ketones (excluding diaryl/α,β-unsaturated/α-hetero) is 2. The van der Waals surface area contributed by atoms with Crippen LogP contribution in [0, 0.1) is 0 Å². The van der Waals surface area contributed by atoms with E-state index in [4.69, 9.17) is 48.6 Å². The number of ether oxygens (including phenoxy) is 8. The van der Waals surface area contributed by atoms with E-state index >= 15 is 0 Å². The van der Waals surface area contributed by atoms with Gasteiger partial charge in [-0.05, 0) is 25.8 Å². The molecule has 0 atom stereocenters. The van der Waals surface area contributed by atoms with E-state index in [0.29, 0.717) is 144 Å². The Balaban J connectivity index is 0.909. The monoisotopic (exact) mass is 873 g/mol. The molecule has 1 saturated heterocycles. The summed E-state index contributed by atoms with van der Waals surface area (Å²) in [6.07, 6.45) is 4.99. The van der Waals surface area contributed by atoms with Crippen LogP contribution in [0.25, 0.3) is 21.9 Å². The largest absolute Gasteiger partial charge is 0.382 e. The molecule has 0 bridgehead atoms. The Morgan fingerprint density at radius 2 is 1.15 bits per heavy atom. The highest BCUT2D eigenvalue weighted by molar-refractivity contribution is 6.06. The van der Waals surface area contributed by atoms with Crippen molar-refractivity contribution in [2.75, 3.05) is 144 Å². The average molecular weight is 873 g/mol. The molecular formula is C45H72N6O11. The maximum atomic E-state index is 13.0. The fraction of sp³-hybridized carbons (Fsp3) is 0.711. The van der Waals surface area contributed by atoms with Crippen LogP contribution < -0.4 is 5.73 Å². The van der Waals surface area contributed by atoms with Gasteiger partial charge in [0.25, 0.3) is 0 Å². The Morgan fingerprint density at radius 3 is 1.69 bits per heavy atom. The number of aromatic nitrogens is 3. The van der Waals surface area contributed by atoms with E-state index in [1.54, 1.807) is 6.92 Å². The number of hydrogen-bond acceptors (Lipinski definition) is 15. The third-order valence-electron chi connectivity index (χ3n) is 10.4. The number of aryl methyl sites for hydroxylation is 1. The lowest BCUT2D eigenvalue weighted by molar-refractivity contribution is -0.134. The van der Waals surface area contributed by atoms with Gasteiger partial charge in [0.1, 0.15) is 22.9 Å². The van der Waals surface area contributed by atoms with Gasteiger partial charge in [-0.15, -0.1) is 0 Å². The highest BCUT2D eigenvalue weighted by Gasteiger charge is 2.23. The summed E-state index contributed by atoms with van der Waals surface area (Å²) in [6, 6.07) is 8.09. The third-order valence-corrected chi connectivity index (χ3v) is 10.4. The van der Waals surface area contributed by atoms with E-state index in [1.807, 2.05) is 23.1 Å². The molecule has 348 valence electrons. The van der Waals surface area contributed by atoms with Gasteiger partial charge in [-0.3, -0.25) is 19.3 Å². The number of pyridine rings is 1. The van der Waals surface area contributed by atoms with E-state index in [1.165, 1.54) is 0 Å². The molecule has 0 radical (unpaired) electrons. The van der Waals surface area contributed by atoms with Crippen molar-refractivity contribution in [3.63, 3.8) is 0 Å². The van der Waals surface area contributed by atoms with E-state index in [-0.39, 0.29) is 30.3 Å². The number of rotatable bonds is 37. The van der Waals surface area contributed by atoms with Crippen molar-refractivity contribution in [3.05, 3.63) is 30.1 Å². The highest BCUT2D eigenvalue weighted by Crippen LogP contribution is 2.29. The number of nitrogens with zero attached hydrogens (tertiary/aromatic N) is 5. The summed E-state index contributed by atoms with van der Waals surface area (Å²) in [5, 5.41) is 1.06. The number of unbranched alkanes of at least 4 members (excludes halogenated alkanes) is 1. The van der Waals surface area contributed by atoms with Crippen LogP contribution in [0.4, 0.5) is 5.82 Å². The van der Waals surface area contributed by atoms with Gasteiger partial charge in [-0.1, -0.05) is 31.5 Å². The molecule has 0 saturated carbocycles. The number of anilines is 1. The van der Waals surface area contributed by atoms with Crippen molar-refractivity contribution >= 4 is 45.2 Å². The fourth-order valence-corrected chi connectivity index (χ4v) is 6.89. The van der Waals surface area contributed by atoms with E-state index in [9.17, 15) is 14.4 Å². The molecule has 3 aromatic rings. The summed E-state index contributed by atoms with van der Waals surface area (Å²) >= 11 is 0. The van der Waals surface area contributed by atoms with Gasteiger partial charge in [-0.2, -0.15) is 0 Å². The number of carbonyl (C=O) groups excluding carboxylic acids is 3. The summed E-state index contributed by atoms with van der Waals surface area (Å²) in [4.78, 5) is 50.1. The first-order chi connectivity index (χ1) is 30.4. The Hall–Kier alpha value is -3.65. The standard InChI is InChI=1S/C45H72N6O11/c1-3-4-11-41-48-43-44(39-9-5-6-10-40(39)47-45(43)46)51(41)20-17-49-15-18-50(19-16-49)42(54)13-12-38(53)8-7-21-55-23-25-57-27-29-59-31-33-61-35-36-62-34-32-60-30-28-58-26-24-56-22-14-37(2)52/h5-6,9-10H,3-4,7-8,11-36H2,1-2H3,(H2,46,47). The normalized spacial score (nSPS) is 13.5. The average Bonchev–Trinajstić information content (AvgIpc) is 3.65. The topological polar surface area (TPSA) is 188 Å². The van der Waals surface area contributed by atoms with Gasteiger partial charge in [0, 0.05) is 83.4 Å². The maximum absolute atomic E-state index is 13.0. The number of para-hydroxylation sites is 1. The molecule has 1 fully saturated rings. The van der Waals surface area contributed by atoms with Gasteiger partial charge in [-0.25, -0.2) is 9.97 Å². The first-order valence-corrected chi connectivity index (χ1v) is 22.5. The smallest absolute Gasteiger partial charge is 0.223 e. The minimum Gasteiger partial charge on any atom is -0.382 e. The molecule has 62 heavy (non-hydrogen) atoms. The Bertz CT molecular complexity index is 1720. The zero-order chi connectivity index (χ0) is 44.0. The van der Waals surface area contributed by atoms with Gasteiger partial charge >= 0.3 is 0 Å². The number of hydrogen-bond donors (Lipinski definition) is 1. The Morgan fingerprint density at radius 1 is 0.613 bits per heavy atom. The van der Waals surface area contributed by atoms with Crippen LogP contribution in [0.3, 0.4) is 0 Å². The minimum absolute atomic E-state index is 0.0457. The zero-order valence-corrected chi connectivity index (χ0v) is 37.3. The van der Waals surface area contributed by atoms with Crippen LogP contribution in [0.15, 0.2) is 24.3 Å². The predicted octanol–water partition coefficient (Wildman–Crippen LogP) is 3.89. The molecular weight excluding hydrogens is 801 g/mol. The van der Waals surface area contributed by atoms with Crippen LogP contribution >= 0.6 is 0 Å². The lowest BCUT2D eigenvalue weighted by Crippen LogP contribution is -2.49. The number of benzene rings is 1. The number of amides is 1. The zero-order valence-electron chi connectivity index (χ0n) is 37.3. The second-order valence-electron chi connectivity index (χ2n) is 15.2. The number of piperazine rings is 1. The van der Waals surface area contributed by atoms with E-state index in [0.717, 1.165) is 73.2 Å². The van der Waals surface area contributed by atoms with Gasteiger partial charge in [0.05, 0.1) is 110 Å². The highest BCUT2D eigenvalue weighted by atomic mass is 16.6. The number of carbonyl (C=O) groups is 3. The van der Waals surface area contributed by atoms with E-state index in [2.05, 4.69) is 27.4 Å². The van der Waals surface area contributed by atoms with Crippen molar-refractivity contribution < 1.29 is 52.3 Å². The first-order valence-electron chi connectivity index (χ1n) is 22.5. The number of imidazole rings is 1. The van der Waals surface area contributed by atoms with Crippen LogP contribution in [0.2, 0.25) is 0 Å². The SMILES string of the molecule is CCCCc1nc2c(N)nc3ccccc3c2n1CCN1CCN(C(=O)CCC(=O)CCCOCCOCCOCCOCCOCCOCCOCCOCCC(C)=O)CC1. The molecule has 1 amide bonds. The van der Waals surface area contributed by atoms with Crippen LogP contribution in [-0.4, -0.2) is 180 Å². The summed E-state index contributed by atoms with van der Waals surface area (Å²) in [5.41, 5.74) is 9.07. The quantitative estimate of drug-likeness (QED) is 0.0822. The van der Waals surface area contributed by atoms with Crippen molar-refractivity contribution in [1.82, 2.24) is 24.3 Å². The lowest BCUT2D eigenvalue weighted by Gasteiger charge is -2.35. The van der Waals surface area contributed by atoms with Crippen molar-refractivity contribution in [1.29, 1.82) is 0 Å². The molecule has 0 spiro atoms. The molecule has 0 unspecified atom stereocenters. The van der Waals surface area contributed by atoms with Crippen LogP contribution in [0.5, 0.6) is 0 Å². The van der Waals surface area contributed by atoms with Gasteiger partial charge < -0.3 is 53.1 Å². The van der Waals surface area contributed by atoms with Crippen LogP contribution in [0.1, 0.15) is 64.6 Å². The fourth-order valence-electron chi connectivity index (χ4n) is 6.89. The molecule has 4 rings (SSSR count). The van der Waals surface area contributed by atoms with Crippen LogP contribution in [-0.2, 0) is 65.2 Å². The molecule has 17 heteroatoms. The summed E-state index contributed by atoms with van der Waals surface area (Å²) < 4.78 is 46.1. The van der Waals surface area contributed by atoms with Crippen molar-refractivity contribution in [2.24, 2.45) is 0 Å². The number of nitrogen functional groups attached to an aromatic ring is 1. The van der Waals surface area contributed by atoms with Gasteiger partial charge in [0.2, 0.25) is 5.91 Å². The maximum Gasteiger partial charge on any atom is 0.223 e. The Kier molecular flexibility index (Phi) is 25.7. The first kappa shape index (κ1) is 51.0. The summed E-state index contributed by atoms with van der Waals surface area (Å²) in [6.45, 7) is 15.8. The van der Waals surface area contributed by atoms with Gasteiger partial charge in [0.15, 0.2) is 5.82 Å². The van der Waals surface area contributed by atoms with E-state index < -0.39 is 0 Å². The number of ketones is 2.